The SMILES string of the molecule is CN(Cc1ccc(Cl)c(F)c1)C1CCc2nnc(C3CCOCC3)n2CC1. The highest BCUT2D eigenvalue weighted by atomic mass is 35.5. The van der Waals surface area contributed by atoms with Crippen LogP contribution in [-0.2, 0) is 24.2 Å². The van der Waals surface area contributed by atoms with Crippen LogP contribution in [0.15, 0.2) is 18.2 Å². The van der Waals surface area contributed by atoms with E-state index in [9.17, 15) is 4.39 Å². The molecule has 4 rings (SSSR count). The summed E-state index contributed by atoms with van der Waals surface area (Å²) in [4.78, 5) is 2.32. The lowest BCUT2D eigenvalue weighted by atomic mass is 9.99. The number of benzene rings is 1. The van der Waals surface area contributed by atoms with Gasteiger partial charge in [0.2, 0.25) is 0 Å². The van der Waals surface area contributed by atoms with Crippen molar-refractivity contribution >= 4 is 11.6 Å². The lowest BCUT2D eigenvalue weighted by Crippen LogP contribution is -2.31. The van der Waals surface area contributed by atoms with Crippen LogP contribution in [0.4, 0.5) is 4.39 Å². The number of halogens is 2. The molecule has 0 amide bonds. The van der Waals surface area contributed by atoms with E-state index in [2.05, 4.69) is 26.7 Å². The second-order valence-corrected chi connectivity index (χ2v) is 8.06. The predicted octanol–water partition coefficient (Wildman–Crippen LogP) is 3.80. The van der Waals surface area contributed by atoms with Crippen molar-refractivity contribution in [2.75, 3.05) is 20.3 Å². The maximum atomic E-state index is 13.7. The summed E-state index contributed by atoms with van der Waals surface area (Å²) in [6.07, 6.45) is 5.08. The summed E-state index contributed by atoms with van der Waals surface area (Å²) >= 11 is 5.79. The molecule has 5 nitrogen and oxygen atoms in total. The lowest BCUT2D eigenvalue weighted by Gasteiger charge is -2.27. The molecule has 0 bridgehead atoms. The Morgan fingerprint density at radius 1 is 1.22 bits per heavy atom. The first-order chi connectivity index (χ1) is 13.1. The van der Waals surface area contributed by atoms with E-state index >= 15 is 0 Å². The van der Waals surface area contributed by atoms with Gasteiger partial charge in [-0.3, -0.25) is 4.90 Å². The van der Waals surface area contributed by atoms with E-state index in [0.29, 0.717) is 18.5 Å². The smallest absolute Gasteiger partial charge is 0.142 e. The van der Waals surface area contributed by atoms with E-state index in [-0.39, 0.29) is 10.8 Å². The first kappa shape index (κ1) is 18.8. The molecule has 2 aromatic rings. The summed E-state index contributed by atoms with van der Waals surface area (Å²) < 4.78 is 21.5. The fraction of sp³-hybridized carbons (Fsp3) is 0.600. The summed E-state index contributed by atoms with van der Waals surface area (Å²) in [5.74, 6) is 2.35. The molecule has 0 radical (unpaired) electrons. The third-order valence-corrected chi connectivity index (χ3v) is 6.18. The Kier molecular flexibility index (Phi) is 5.76. The zero-order valence-electron chi connectivity index (χ0n) is 15.7. The van der Waals surface area contributed by atoms with Crippen LogP contribution in [0.25, 0.3) is 0 Å². The van der Waals surface area contributed by atoms with Gasteiger partial charge in [-0.25, -0.2) is 4.39 Å². The van der Waals surface area contributed by atoms with Gasteiger partial charge in [-0.2, -0.15) is 0 Å². The number of aromatic nitrogens is 3. The molecule has 1 unspecified atom stereocenters. The Morgan fingerprint density at radius 2 is 2.04 bits per heavy atom. The van der Waals surface area contributed by atoms with Crippen LogP contribution in [0.2, 0.25) is 5.02 Å². The molecular weight excluding hydrogens is 367 g/mol. The van der Waals surface area contributed by atoms with E-state index in [4.69, 9.17) is 16.3 Å². The van der Waals surface area contributed by atoms with Crippen molar-refractivity contribution in [3.05, 3.63) is 46.3 Å². The number of fused-ring (bicyclic) bond motifs is 1. The maximum absolute atomic E-state index is 13.7. The second-order valence-electron chi connectivity index (χ2n) is 7.66. The molecule has 27 heavy (non-hydrogen) atoms. The third-order valence-electron chi connectivity index (χ3n) is 5.87. The molecule has 0 spiro atoms. The fourth-order valence-electron chi connectivity index (χ4n) is 4.25. The number of ether oxygens (including phenoxy) is 1. The standard InChI is InChI=1S/C20H26ClFN4O/c1-25(13-14-2-4-17(21)18(22)12-14)16-3-5-19-23-24-20(26(19)9-6-16)15-7-10-27-11-8-15/h2,4,12,15-16H,3,5-11,13H2,1H3. The topological polar surface area (TPSA) is 43.2 Å². The zero-order chi connectivity index (χ0) is 18.8. The highest BCUT2D eigenvalue weighted by Gasteiger charge is 2.27. The van der Waals surface area contributed by atoms with Gasteiger partial charge in [0.25, 0.3) is 0 Å². The predicted molar refractivity (Wildman–Crippen MR) is 102 cm³/mol. The molecule has 1 saturated heterocycles. The highest BCUT2D eigenvalue weighted by Crippen LogP contribution is 2.29. The molecule has 1 aromatic carbocycles. The average Bonchev–Trinajstić information content (AvgIpc) is 2.96. The summed E-state index contributed by atoms with van der Waals surface area (Å²) in [6, 6.07) is 5.51. The van der Waals surface area contributed by atoms with Crippen LogP contribution in [0, 0.1) is 5.82 Å². The number of hydrogen-bond acceptors (Lipinski definition) is 4. The van der Waals surface area contributed by atoms with Crippen LogP contribution in [0.3, 0.4) is 0 Å². The van der Waals surface area contributed by atoms with Crippen molar-refractivity contribution in [3.63, 3.8) is 0 Å². The van der Waals surface area contributed by atoms with Crippen molar-refractivity contribution in [3.8, 4) is 0 Å². The average molecular weight is 393 g/mol. The Labute approximate surface area is 164 Å². The largest absolute Gasteiger partial charge is 0.381 e. The van der Waals surface area contributed by atoms with Crippen LogP contribution < -0.4 is 0 Å². The van der Waals surface area contributed by atoms with Gasteiger partial charge in [0.15, 0.2) is 0 Å². The molecule has 2 aliphatic heterocycles. The van der Waals surface area contributed by atoms with Gasteiger partial charge in [0.05, 0.1) is 5.02 Å². The molecule has 2 aliphatic rings. The monoisotopic (exact) mass is 392 g/mol. The normalized spacial score (nSPS) is 21.3. The van der Waals surface area contributed by atoms with Gasteiger partial charge in [-0.1, -0.05) is 17.7 Å². The maximum Gasteiger partial charge on any atom is 0.142 e. The first-order valence-electron chi connectivity index (χ1n) is 9.75. The molecule has 0 N–H and O–H groups in total. The summed E-state index contributed by atoms with van der Waals surface area (Å²) in [5, 5.41) is 9.16. The van der Waals surface area contributed by atoms with Gasteiger partial charge in [-0.05, 0) is 50.4 Å². The Hall–Kier alpha value is -1.50. The van der Waals surface area contributed by atoms with E-state index in [1.165, 1.54) is 6.07 Å². The van der Waals surface area contributed by atoms with Gasteiger partial charge in [0, 0.05) is 44.7 Å². The molecule has 0 aliphatic carbocycles. The zero-order valence-corrected chi connectivity index (χ0v) is 16.5. The van der Waals surface area contributed by atoms with Crippen molar-refractivity contribution < 1.29 is 9.13 Å². The number of nitrogens with zero attached hydrogens (tertiary/aromatic N) is 4. The number of rotatable bonds is 4. The highest BCUT2D eigenvalue weighted by molar-refractivity contribution is 6.30. The van der Waals surface area contributed by atoms with Crippen LogP contribution in [-0.4, -0.2) is 46.0 Å². The lowest BCUT2D eigenvalue weighted by molar-refractivity contribution is 0.0826. The first-order valence-corrected chi connectivity index (χ1v) is 10.1. The van der Waals surface area contributed by atoms with Crippen molar-refractivity contribution in [2.24, 2.45) is 0 Å². The van der Waals surface area contributed by atoms with Crippen LogP contribution in [0.1, 0.15) is 48.8 Å². The van der Waals surface area contributed by atoms with Crippen molar-refractivity contribution in [2.45, 2.75) is 57.2 Å². The van der Waals surface area contributed by atoms with E-state index in [1.54, 1.807) is 6.07 Å². The summed E-state index contributed by atoms with van der Waals surface area (Å²) in [5.41, 5.74) is 0.950. The van der Waals surface area contributed by atoms with E-state index in [1.807, 2.05) is 6.07 Å². The Balaban J connectivity index is 1.42. The number of aryl methyl sites for hydroxylation is 1. The summed E-state index contributed by atoms with van der Waals surface area (Å²) in [7, 11) is 2.11. The third kappa shape index (κ3) is 4.18. The van der Waals surface area contributed by atoms with E-state index < -0.39 is 0 Å². The van der Waals surface area contributed by atoms with Crippen molar-refractivity contribution in [1.82, 2.24) is 19.7 Å². The van der Waals surface area contributed by atoms with Gasteiger partial charge in [0.1, 0.15) is 17.5 Å². The number of hydrogen-bond donors (Lipinski definition) is 0. The van der Waals surface area contributed by atoms with Crippen LogP contribution >= 0.6 is 11.6 Å². The Bertz CT molecular complexity index is 790. The second kappa shape index (κ2) is 8.25. The molecule has 1 atom stereocenters. The van der Waals surface area contributed by atoms with Gasteiger partial charge >= 0.3 is 0 Å². The van der Waals surface area contributed by atoms with Crippen LogP contribution in [0.5, 0.6) is 0 Å². The minimum absolute atomic E-state index is 0.175. The molecule has 0 saturated carbocycles. The molecule has 3 heterocycles. The fourth-order valence-corrected chi connectivity index (χ4v) is 4.37. The van der Waals surface area contributed by atoms with Crippen molar-refractivity contribution in [1.29, 1.82) is 0 Å². The molecule has 1 fully saturated rings. The van der Waals surface area contributed by atoms with E-state index in [0.717, 1.165) is 69.1 Å². The van der Waals surface area contributed by atoms with Gasteiger partial charge in [-0.15, -0.1) is 10.2 Å². The molecule has 1 aromatic heterocycles. The quantitative estimate of drug-likeness (QED) is 0.793. The molecular formula is C20H26ClFN4O. The minimum Gasteiger partial charge on any atom is -0.381 e. The Morgan fingerprint density at radius 3 is 2.81 bits per heavy atom. The minimum atomic E-state index is -0.351. The molecule has 146 valence electrons. The molecule has 7 heteroatoms. The van der Waals surface area contributed by atoms with Gasteiger partial charge < -0.3 is 9.30 Å². The summed E-state index contributed by atoms with van der Waals surface area (Å²) in [6.45, 7) is 3.29.